The van der Waals surface area contributed by atoms with Crippen LogP contribution in [0.2, 0.25) is 0 Å². The minimum Gasteiger partial charge on any atom is -0.462 e. The molecule has 0 atom stereocenters. The van der Waals surface area contributed by atoms with Crippen molar-refractivity contribution in [1.29, 1.82) is 0 Å². The molecule has 1 saturated carbocycles. The molecule has 1 aliphatic carbocycles. The Morgan fingerprint density at radius 1 is 1.00 bits per heavy atom. The van der Waals surface area contributed by atoms with Crippen molar-refractivity contribution in [3.05, 3.63) is 29.8 Å². The molecule has 1 aromatic carbocycles. The van der Waals surface area contributed by atoms with Crippen LogP contribution in [0.3, 0.4) is 0 Å². The SMILES string of the molecule is CCOC(=O)c1ccc(S(=O)(=O)N2CCN(C3CCCCCC3)CC2)cc1. The van der Waals surface area contributed by atoms with Gasteiger partial charge in [0, 0.05) is 32.2 Å². The van der Waals surface area contributed by atoms with Crippen LogP contribution >= 0.6 is 0 Å². The average Bonchev–Trinajstić information content (AvgIpc) is 2.98. The van der Waals surface area contributed by atoms with Crippen LogP contribution in [0.15, 0.2) is 29.2 Å². The minimum absolute atomic E-state index is 0.235. The van der Waals surface area contributed by atoms with Gasteiger partial charge < -0.3 is 4.74 Å². The van der Waals surface area contributed by atoms with Gasteiger partial charge in [0.2, 0.25) is 10.0 Å². The van der Waals surface area contributed by atoms with E-state index in [4.69, 9.17) is 4.74 Å². The molecule has 6 nitrogen and oxygen atoms in total. The fraction of sp³-hybridized carbons (Fsp3) is 0.650. The number of carbonyl (C=O) groups is 1. The van der Waals surface area contributed by atoms with E-state index in [-0.39, 0.29) is 4.90 Å². The molecule has 0 bridgehead atoms. The Labute approximate surface area is 162 Å². The highest BCUT2D eigenvalue weighted by molar-refractivity contribution is 7.89. The molecule has 0 spiro atoms. The third-order valence-corrected chi connectivity index (χ3v) is 7.53. The van der Waals surface area contributed by atoms with Crippen molar-refractivity contribution in [3.63, 3.8) is 0 Å². The molecule has 1 saturated heterocycles. The normalized spacial score (nSPS) is 20.9. The summed E-state index contributed by atoms with van der Waals surface area (Å²) >= 11 is 0. The molecule has 2 fully saturated rings. The van der Waals surface area contributed by atoms with Crippen LogP contribution < -0.4 is 0 Å². The summed E-state index contributed by atoms with van der Waals surface area (Å²) in [6.45, 7) is 4.68. The van der Waals surface area contributed by atoms with Gasteiger partial charge in [0.1, 0.15) is 0 Å². The summed E-state index contributed by atoms with van der Waals surface area (Å²) in [5, 5.41) is 0. The van der Waals surface area contributed by atoms with E-state index in [0.717, 1.165) is 13.1 Å². The van der Waals surface area contributed by atoms with Crippen molar-refractivity contribution in [2.24, 2.45) is 0 Å². The second-order valence-corrected chi connectivity index (χ2v) is 9.27. The van der Waals surface area contributed by atoms with E-state index in [2.05, 4.69) is 4.90 Å². The Hall–Kier alpha value is -1.44. The number of sulfonamides is 1. The Bertz CT molecular complexity index is 717. The number of carbonyl (C=O) groups excluding carboxylic acids is 1. The molecular weight excluding hydrogens is 364 g/mol. The van der Waals surface area contributed by atoms with Crippen LogP contribution in [0.1, 0.15) is 55.8 Å². The number of benzene rings is 1. The Kier molecular flexibility index (Phi) is 6.89. The second-order valence-electron chi connectivity index (χ2n) is 7.33. The van der Waals surface area contributed by atoms with Crippen molar-refractivity contribution < 1.29 is 17.9 Å². The number of esters is 1. The highest BCUT2D eigenvalue weighted by atomic mass is 32.2. The van der Waals surface area contributed by atoms with Gasteiger partial charge in [-0.2, -0.15) is 4.31 Å². The lowest BCUT2D eigenvalue weighted by Crippen LogP contribution is -2.51. The first-order valence-corrected chi connectivity index (χ1v) is 11.5. The number of hydrogen-bond donors (Lipinski definition) is 0. The molecule has 0 radical (unpaired) electrons. The van der Waals surface area contributed by atoms with Crippen molar-refractivity contribution in [2.45, 2.75) is 56.4 Å². The first-order chi connectivity index (χ1) is 13.0. The van der Waals surface area contributed by atoms with Crippen LogP contribution in [0.4, 0.5) is 0 Å². The highest BCUT2D eigenvalue weighted by Gasteiger charge is 2.31. The quantitative estimate of drug-likeness (QED) is 0.567. The molecule has 1 heterocycles. The average molecular weight is 395 g/mol. The number of piperazine rings is 1. The maximum absolute atomic E-state index is 12.9. The first-order valence-electron chi connectivity index (χ1n) is 10.0. The zero-order valence-electron chi connectivity index (χ0n) is 16.1. The fourth-order valence-electron chi connectivity index (χ4n) is 4.06. The van der Waals surface area contributed by atoms with Gasteiger partial charge in [-0.05, 0) is 44.0 Å². The zero-order chi connectivity index (χ0) is 19.3. The van der Waals surface area contributed by atoms with Gasteiger partial charge in [-0.15, -0.1) is 0 Å². The van der Waals surface area contributed by atoms with E-state index >= 15 is 0 Å². The topological polar surface area (TPSA) is 66.9 Å². The molecule has 2 aliphatic rings. The van der Waals surface area contributed by atoms with Gasteiger partial charge in [-0.3, -0.25) is 4.90 Å². The van der Waals surface area contributed by atoms with E-state index in [1.54, 1.807) is 11.2 Å². The van der Waals surface area contributed by atoms with Crippen molar-refractivity contribution in [2.75, 3.05) is 32.8 Å². The third-order valence-electron chi connectivity index (χ3n) is 5.62. The molecule has 3 rings (SSSR count). The summed E-state index contributed by atoms with van der Waals surface area (Å²) in [6, 6.07) is 6.65. The number of nitrogens with zero attached hydrogens (tertiary/aromatic N) is 2. The van der Waals surface area contributed by atoms with Gasteiger partial charge in [0.05, 0.1) is 17.1 Å². The highest BCUT2D eigenvalue weighted by Crippen LogP contribution is 2.25. The first kappa shape index (κ1) is 20.3. The molecule has 150 valence electrons. The van der Waals surface area contributed by atoms with Crippen LogP contribution in [0, 0.1) is 0 Å². The monoisotopic (exact) mass is 394 g/mol. The molecule has 7 heteroatoms. The van der Waals surface area contributed by atoms with Crippen LogP contribution in [0.5, 0.6) is 0 Å². The molecular formula is C20H30N2O4S. The number of hydrogen-bond acceptors (Lipinski definition) is 5. The number of rotatable bonds is 5. The number of ether oxygens (including phenoxy) is 1. The van der Waals surface area contributed by atoms with Gasteiger partial charge in [0.25, 0.3) is 0 Å². The summed E-state index contributed by atoms with van der Waals surface area (Å²) in [5.41, 5.74) is 0.369. The van der Waals surface area contributed by atoms with Gasteiger partial charge >= 0.3 is 5.97 Å². The molecule has 0 N–H and O–H groups in total. The van der Waals surface area contributed by atoms with Crippen LogP contribution in [0.25, 0.3) is 0 Å². The molecule has 0 unspecified atom stereocenters. The van der Waals surface area contributed by atoms with Gasteiger partial charge in [-0.1, -0.05) is 25.7 Å². The molecule has 0 aromatic heterocycles. The van der Waals surface area contributed by atoms with Crippen molar-refractivity contribution >= 4 is 16.0 Å². The molecule has 27 heavy (non-hydrogen) atoms. The Balaban J connectivity index is 1.61. The maximum atomic E-state index is 12.9. The predicted molar refractivity (Wildman–Crippen MR) is 104 cm³/mol. The largest absolute Gasteiger partial charge is 0.462 e. The zero-order valence-corrected chi connectivity index (χ0v) is 16.9. The predicted octanol–water partition coefficient (Wildman–Crippen LogP) is 2.89. The van der Waals surface area contributed by atoms with Crippen molar-refractivity contribution in [3.8, 4) is 0 Å². The molecule has 1 aliphatic heterocycles. The lowest BCUT2D eigenvalue weighted by Gasteiger charge is -2.38. The van der Waals surface area contributed by atoms with Crippen LogP contribution in [-0.2, 0) is 14.8 Å². The van der Waals surface area contributed by atoms with Gasteiger partial charge in [0.15, 0.2) is 0 Å². The summed E-state index contributed by atoms with van der Waals surface area (Å²) in [5.74, 6) is -0.432. The standard InChI is InChI=1S/C20H30N2O4S/c1-2-26-20(23)17-9-11-19(12-10-17)27(24,25)22-15-13-21(14-16-22)18-7-5-3-4-6-8-18/h9-12,18H,2-8,13-16H2,1H3. The maximum Gasteiger partial charge on any atom is 0.338 e. The third kappa shape index (κ3) is 4.89. The summed E-state index contributed by atoms with van der Waals surface area (Å²) in [6.07, 6.45) is 7.70. The summed E-state index contributed by atoms with van der Waals surface area (Å²) in [7, 11) is -3.52. The van der Waals surface area contributed by atoms with E-state index in [1.807, 2.05) is 0 Å². The fourth-order valence-corrected chi connectivity index (χ4v) is 5.48. The Morgan fingerprint density at radius 2 is 1.59 bits per heavy atom. The smallest absolute Gasteiger partial charge is 0.338 e. The van der Waals surface area contributed by atoms with E-state index in [0.29, 0.717) is 31.3 Å². The molecule has 1 aromatic rings. The van der Waals surface area contributed by atoms with E-state index in [9.17, 15) is 13.2 Å². The van der Waals surface area contributed by atoms with Gasteiger partial charge in [-0.25, -0.2) is 13.2 Å². The lowest BCUT2D eigenvalue weighted by molar-refractivity contribution is 0.0526. The van der Waals surface area contributed by atoms with Crippen LogP contribution in [-0.4, -0.2) is 62.4 Å². The second kappa shape index (κ2) is 9.17. The van der Waals surface area contributed by atoms with Crippen molar-refractivity contribution in [1.82, 2.24) is 9.21 Å². The lowest BCUT2D eigenvalue weighted by atomic mass is 10.1. The van der Waals surface area contributed by atoms with E-state index < -0.39 is 16.0 Å². The summed E-state index contributed by atoms with van der Waals surface area (Å²) in [4.78, 5) is 14.4. The minimum atomic E-state index is -3.52. The Morgan fingerprint density at radius 3 is 2.15 bits per heavy atom. The molecule has 0 amide bonds. The summed E-state index contributed by atoms with van der Waals surface area (Å²) < 4.78 is 32.4. The van der Waals surface area contributed by atoms with E-state index in [1.165, 1.54) is 62.8 Å².